The zero-order chi connectivity index (χ0) is 21.1. The van der Waals surface area contributed by atoms with Gasteiger partial charge in [0.1, 0.15) is 5.56 Å². The van der Waals surface area contributed by atoms with Crippen LogP contribution in [0, 0.1) is 6.92 Å². The summed E-state index contributed by atoms with van der Waals surface area (Å²) in [6.07, 6.45) is 0.597. The van der Waals surface area contributed by atoms with Gasteiger partial charge in [-0.25, -0.2) is 4.68 Å². The van der Waals surface area contributed by atoms with Crippen LogP contribution in [0.25, 0.3) is 0 Å². The molecule has 0 spiro atoms. The maximum absolute atomic E-state index is 13.3. The number of nitrogens with zero attached hydrogens (tertiary/aromatic N) is 2. The van der Waals surface area contributed by atoms with Gasteiger partial charge < -0.3 is 4.74 Å². The quantitative estimate of drug-likeness (QED) is 0.489. The lowest BCUT2D eigenvalue weighted by molar-refractivity contribution is 0.0908. The van der Waals surface area contributed by atoms with Gasteiger partial charge in [-0.1, -0.05) is 60.5 Å². The van der Waals surface area contributed by atoms with E-state index in [0.717, 1.165) is 0 Å². The first-order valence-electron chi connectivity index (χ1n) is 9.11. The zero-order valence-electron chi connectivity index (χ0n) is 16.3. The highest BCUT2D eigenvalue weighted by Crippen LogP contribution is 2.33. The normalized spacial score (nSPS) is 10.8. The molecule has 5 nitrogen and oxygen atoms in total. The van der Waals surface area contributed by atoms with E-state index in [0.29, 0.717) is 38.9 Å². The number of hydrogen-bond donors (Lipinski definition) is 0. The van der Waals surface area contributed by atoms with Crippen molar-refractivity contribution in [3.63, 3.8) is 0 Å². The lowest BCUT2D eigenvalue weighted by atomic mass is 10.0. The fraction of sp³-hybridized carbons (Fsp3) is 0.227. The molecule has 0 N–H and O–H groups in total. The molecule has 0 fully saturated rings. The maximum atomic E-state index is 13.3. The van der Waals surface area contributed by atoms with Crippen LogP contribution in [0.1, 0.15) is 44.5 Å². The number of hydrogen-bond acceptors (Lipinski definition) is 4. The number of carbonyl (C=O) groups excluding carboxylic acids is 2. The van der Waals surface area contributed by atoms with Crippen molar-refractivity contribution < 1.29 is 14.3 Å². The molecule has 3 rings (SSSR count). The molecule has 0 saturated heterocycles. The Hall–Kier alpha value is -2.63. The van der Waals surface area contributed by atoms with Crippen molar-refractivity contribution in [3.8, 4) is 5.88 Å². The first-order chi connectivity index (χ1) is 13.8. The largest absolute Gasteiger partial charge is 0.469 e. The van der Waals surface area contributed by atoms with Gasteiger partial charge in [-0.3, -0.25) is 9.59 Å². The fourth-order valence-electron chi connectivity index (χ4n) is 3.14. The van der Waals surface area contributed by atoms with Gasteiger partial charge in [-0.15, -0.1) is 0 Å². The molecule has 0 saturated carbocycles. The third-order valence-corrected chi connectivity index (χ3v) is 5.40. The molecule has 0 atom stereocenters. The van der Waals surface area contributed by atoms with Crippen molar-refractivity contribution in [2.75, 3.05) is 6.61 Å². The number of rotatable bonds is 7. The van der Waals surface area contributed by atoms with E-state index in [1.54, 1.807) is 50.4 Å². The second-order valence-electron chi connectivity index (χ2n) is 6.54. The number of Topliss-reactive ketones (excluding diaryl/α,β-unsaturated/α-hetero) is 1. The van der Waals surface area contributed by atoms with Crippen LogP contribution in [0.4, 0.5) is 0 Å². The number of halogens is 2. The molecule has 1 heterocycles. The molecule has 0 unspecified atom stereocenters. The van der Waals surface area contributed by atoms with E-state index >= 15 is 0 Å². The SMILES string of the molecule is CCc1c(Cl)ccc(C(=O)c2c(C)nn(C)c2OCC(=O)c2ccccc2)c1Cl. The number of aromatic nitrogens is 2. The number of ether oxygens (including phenoxy) is 1. The predicted molar refractivity (Wildman–Crippen MR) is 113 cm³/mol. The van der Waals surface area contributed by atoms with Crippen molar-refractivity contribution in [1.82, 2.24) is 9.78 Å². The van der Waals surface area contributed by atoms with Crippen LogP contribution in [0.15, 0.2) is 42.5 Å². The molecular weight excluding hydrogens is 411 g/mol. The molecule has 0 radical (unpaired) electrons. The van der Waals surface area contributed by atoms with Gasteiger partial charge in [0, 0.05) is 23.2 Å². The van der Waals surface area contributed by atoms with Crippen molar-refractivity contribution in [2.24, 2.45) is 7.05 Å². The average molecular weight is 431 g/mol. The van der Waals surface area contributed by atoms with Crippen LogP contribution >= 0.6 is 23.2 Å². The molecule has 3 aromatic rings. The summed E-state index contributed by atoms with van der Waals surface area (Å²) in [7, 11) is 1.66. The standard InChI is InChI=1S/C22H20Cl2N2O3/c1-4-15-17(23)11-10-16(20(15)24)21(28)19-13(2)25-26(3)22(19)29-12-18(27)14-8-6-5-7-9-14/h5-11H,4,12H2,1-3H3. The Morgan fingerprint density at radius 2 is 1.79 bits per heavy atom. The van der Waals surface area contributed by atoms with Crippen LogP contribution in [-0.2, 0) is 13.5 Å². The van der Waals surface area contributed by atoms with Crippen molar-refractivity contribution in [3.05, 3.63) is 80.5 Å². The molecule has 29 heavy (non-hydrogen) atoms. The Morgan fingerprint density at radius 3 is 2.45 bits per heavy atom. The minimum Gasteiger partial charge on any atom is -0.469 e. The van der Waals surface area contributed by atoms with Crippen LogP contribution in [-0.4, -0.2) is 28.0 Å². The van der Waals surface area contributed by atoms with E-state index in [4.69, 9.17) is 27.9 Å². The molecule has 0 aliphatic carbocycles. The van der Waals surface area contributed by atoms with Gasteiger partial charge >= 0.3 is 0 Å². The first kappa shape index (κ1) is 21.1. The van der Waals surface area contributed by atoms with E-state index in [9.17, 15) is 9.59 Å². The number of aryl methyl sites for hydroxylation is 2. The minimum absolute atomic E-state index is 0.194. The van der Waals surface area contributed by atoms with E-state index < -0.39 is 0 Å². The molecule has 2 aromatic carbocycles. The number of ketones is 2. The Labute approximate surface area is 179 Å². The number of carbonyl (C=O) groups is 2. The van der Waals surface area contributed by atoms with Gasteiger partial charge in [-0.2, -0.15) is 5.10 Å². The summed E-state index contributed by atoms with van der Waals surface area (Å²) in [5.41, 5.74) is 2.33. The third kappa shape index (κ3) is 4.21. The predicted octanol–water partition coefficient (Wildman–Crippen LogP) is 5.09. The molecular formula is C22H20Cl2N2O3. The third-order valence-electron chi connectivity index (χ3n) is 4.62. The van der Waals surface area contributed by atoms with Crippen LogP contribution in [0.2, 0.25) is 10.0 Å². The molecule has 0 amide bonds. The summed E-state index contributed by atoms with van der Waals surface area (Å²) in [5, 5.41) is 5.12. The summed E-state index contributed by atoms with van der Waals surface area (Å²) in [6.45, 7) is 3.42. The first-order valence-corrected chi connectivity index (χ1v) is 9.86. The van der Waals surface area contributed by atoms with Gasteiger partial charge in [0.25, 0.3) is 0 Å². The van der Waals surface area contributed by atoms with Crippen LogP contribution < -0.4 is 4.74 Å². The van der Waals surface area contributed by atoms with Crippen molar-refractivity contribution in [2.45, 2.75) is 20.3 Å². The van der Waals surface area contributed by atoms with E-state index in [1.165, 1.54) is 4.68 Å². The molecule has 150 valence electrons. The highest BCUT2D eigenvalue weighted by Gasteiger charge is 2.26. The topological polar surface area (TPSA) is 61.2 Å². The number of benzene rings is 2. The molecule has 0 bridgehead atoms. The second-order valence-corrected chi connectivity index (χ2v) is 7.32. The van der Waals surface area contributed by atoms with E-state index in [-0.39, 0.29) is 29.6 Å². The molecule has 7 heteroatoms. The Kier molecular flexibility index (Phi) is 6.40. The Bertz CT molecular complexity index is 1080. The van der Waals surface area contributed by atoms with Gasteiger partial charge in [0.2, 0.25) is 11.7 Å². The van der Waals surface area contributed by atoms with Crippen LogP contribution in [0.3, 0.4) is 0 Å². The van der Waals surface area contributed by atoms with Gasteiger partial charge in [0.15, 0.2) is 12.4 Å². The molecule has 1 aromatic heterocycles. The summed E-state index contributed by atoms with van der Waals surface area (Å²) in [5.74, 6) is -0.296. The average Bonchev–Trinajstić information content (AvgIpc) is 2.99. The summed E-state index contributed by atoms with van der Waals surface area (Å²) in [4.78, 5) is 25.7. The highest BCUT2D eigenvalue weighted by atomic mass is 35.5. The molecule has 0 aliphatic heterocycles. The van der Waals surface area contributed by atoms with E-state index in [1.807, 2.05) is 13.0 Å². The lowest BCUT2D eigenvalue weighted by Crippen LogP contribution is -2.15. The maximum Gasteiger partial charge on any atom is 0.223 e. The lowest BCUT2D eigenvalue weighted by Gasteiger charge is -2.11. The van der Waals surface area contributed by atoms with Gasteiger partial charge in [-0.05, 0) is 31.0 Å². The monoisotopic (exact) mass is 430 g/mol. The second kappa shape index (κ2) is 8.80. The Morgan fingerprint density at radius 1 is 1.10 bits per heavy atom. The highest BCUT2D eigenvalue weighted by molar-refractivity contribution is 6.39. The van der Waals surface area contributed by atoms with Crippen molar-refractivity contribution in [1.29, 1.82) is 0 Å². The molecule has 0 aliphatic rings. The van der Waals surface area contributed by atoms with E-state index in [2.05, 4.69) is 5.10 Å². The minimum atomic E-state index is -0.325. The summed E-state index contributed by atoms with van der Waals surface area (Å²) >= 11 is 12.6. The summed E-state index contributed by atoms with van der Waals surface area (Å²) < 4.78 is 7.18. The van der Waals surface area contributed by atoms with Crippen molar-refractivity contribution >= 4 is 34.8 Å². The summed E-state index contributed by atoms with van der Waals surface area (Å²) in [6, 6.07) is 12.1. The van der Waals surface area contributed by atoms with Gasteiger partial charge in [0.05, 0.1) is 10.7 Å². The van der Waals surface area contributed by atoms with Crippen LogP contribution in [0.5, 0.6) is 5.88 Å². The zero-order valence-corrected chi connectivity index (χ0v) is 17.8. The fourth-order valence-corrected chi connectivity index (χ4v) is 3.86. The smallest absolute Gasteiger partial charge is 0.223 e. The Balaban J connectivity index is 1.93.